The van der Waals surface area contributed by atoms with E-state index in [-0.39, 0.29) is 11.5 Å². The van der Waals surface area contributed by atoms with E-state index in [0.717, 1.165) is 4.47 Å². The van der Waals surface area contributed by atoms with Crippen LogP contribution in [0.3, 0.4) is 0 Å². The van der Waals surface area contributed by atoms with Crippen LogP contribution in [-0.4, -0.2) is 44.1 Å². The number of aryl methyl sites for hydroxylation is 1. The third-order valence-corrected chi connectivity index (χ3v) is 6.15. The molecule has 1 amide bonds. The van der Waals surface area contributed by atoms with Gasteiger partial charge in [0.1, 0.15) is 5.56 Å². The Labute approximate surface area is 183 Å². The maximum atomic E-state index is 13.1. The molecule has 30 heavy (non-hydrogen) atoms. The van der Waals surface area contributed by atoms with Gasteiger partial charge in [-0.3, -0.25) is 4.79 Å². The first-order chi connectivity index (χ1) is 14.4. The number of anilines is 1. The van der Waals surface area contributed by atoms with Gasteiger partial charge in [0.05, 0.1) is 7.11 Å². The van der Waals surface area contributed by atoms with Crippen molar-refractivity contribution in [1.82, 2.24) is 4.90 Å². The first kappa shape index (κ1) is 20.5. The van der Waals surface area contributed by atoms with Gasteiger partial charge in [-0.25, -0.2) is 4.79 Å². The van der Waals surface area contributed by atoms with Crippen molar-refractivity contribution in [3.05, 3.63) is 68.0 Å². The average Bonchev–Trinajstić information content (AvgIpc) is 2.74. The summed E-state index contributed by atoms with van der Waals surface area (Å²) in [5, 5.41) is 0.637. The second-order valence-electron chi connectivity index (χ2n) is 7.47. The van der Waals surface area contributed by atoms with Crippen LogP contribution >= 0.6 is 15.9 Å². The van der Waals surface area contributed by atoms with Gasteiger partial charge >= 0.3 is 5.63 Å². The normalized spacial score (nSPS) is 14.3. The quantitative estimate of drug-likeness (QED) is 0.538. The summed E-state index contributed by atoms with van der Waals surface area (Å²) in [6, 6.07) is 11.4. The predicted octanol–water partition coefficient (Wildman–Crippen LogP) is 4.14. The van der Waals surface area contributed by atoms with E-state index in [4.69, 9.17) is 9.15 Å². The Morgan fingerprint density at radius 2 is 1.83 bits per heavy atom. The highest BCUT2D eigenvalue weighted by molar-refractivity contribution is 9.10. The minimum atomic E-state index is -0.648. The molecule has 0 saturated carbocycles. The number of rotatable bonds is 3. The van der Waals surface area contributed by atoms with Crippen LogP contribution in [0.5, 0.6) is 5.75 Å². The van der Waals surface area contributed by atoms with E-state index in [1.807, 2.05) is 0 Å². The van der Waals surface area contributed by atoms with E-state index in [9.17, 15) is 9.59 Å². The zero-order valence-electron chi connectivity index (χ0n) is 17.2. The number of nitrogens with zero attached hydrogens (tertiary/aromatic N) is 2. The van der Waals surface area contributed by atoms with Crippen molar-refractivity contribution in [2.75, 3.05) is 38.2 Å². The molecule has 4 rings (SSSR count). The van der Waals surface area contributed by atoms with Gasteiger partial charge in [-0.1, -0.05) is 28.1 Å². The monoisotopic (exact) mass is 470 g/mol. The lowest BCUT2D eigenvalue weighted by Crippen LogP contribution is -2.49. The molecule has 1 aromatic heterocycles. The summed E-state index contributed by atoms with van der Waals surface area (Å²) < 4.78 is 11.5. The van der Waals surface area contributed by atoms with Crippen molar-refractivity contribution in [1.29, 1.82) is 0 Å². The second kappa shape index (κ2) is 8.14. The number of hydrogen-bond donors (Lipinski definition) is 0. The maximum absolute atomic E-state index is 13.1. The lowest BCUT2D eigenvalue weighted by atomic mass is 10.1. The number of methoxy groups -OCH3 is 1. The molecule has 0 radical (unpaired) electrons. The molecule has 2 heterocycles. The topological polar surface area (TPSA) is 63.0 Å². The number of carbonyl (C=O) groups excluding carboxylic acids is 1. The van der Waals surface area contributed by atoms with Crippen LogP contribution < -0.4 is 15.3 Å². The van der Waals surface area contributed by atoms with E-state index in [1.54, 1.807) is 23.1 Å². The van der Waals surface area contributed by atoms with Crippen molar-refractivity contribution < 1.29 is 13.9 Å². The summed E-state index contributed by atoms with van der Waals surface area (Å²) in [5.41, 5.74) is 3.44. The van der Waals surface area contributed by atoms with Gasteiger partial charge in [0.25, 0.3) is 5.91 Å². The number of fused-ring (bicyclic) bond motifs is 1. The fraction of sp³-hybridized carbons (Fsp3) is 0.304. The van der Waals surface area contributed by atoms with E-state index >= 15 is 0 Å². The van der Waals surface area contributed by atoms with Crippen LogP contribution in [-0.2, 0) is 0 Å². The van der Waals surface area contributed by atoms with E-state index in [2.05, 4.69) is 52.9 Å². The highest BCUT2D eigenvalue weighted by atomic mass is 79.9. The third kappa shape index (κ3) is 3.69. The molecule has 2 aromatic carbocycles. The second-order valence-corrected chi connectivity index (χ2v) is 8.39. The summed E-state index contributed by atoms with van der Waals surface area (Å²) in [6.07, 6.45) is 0. The molecule has 1 fully saturated rings. The zero-order valence-corrected chi connectivity index (χ0v) is 18.8. The van der Waals surface area contributed by atoms with Gasteiger partial charge in [0.2, 0.25) is 0 Å². The van der Waals surface area contributed by atoms with Crippen molar-refractivity contribution in [3.63, 3.8) is 0 Å². The van der Waals surface area contributed by atoms with Gasteiger partial charge in [-0.05, 0) is 49.2 Å². The van der Waals surface area contributed by atoms with Gasteiger partial charge in [0, 0.05) is 41.7 Å². The van der Waals surface area contributed by atoms with Crippen LogP contribution in [0.4, 0.5) is 5.69 Å². The van der Waals surface area contributed by atoms with Crippen LogP contribution in [0.15, 0.2) is 50.1 Å². The van der Waals surface area contributed by atoms with Crippen molar-refractivity contribution in [3.8, 4) is 5.75 Å². The lowest BCUT2D eigenvalue weighted by Gasteiger charge is -2.37. The molecule has 0 unspecified atom stereocenters. The highest BCUT2D eigenvalue weighted by Crippen LogP contribution is 2.30. The van der Waals surface area contributed by atoms with Crippen molar-refractivity contribution in [2.24, 2.45) is 0 Å². The molecule has 0 atom stereocenters. The Bertz CT molecular complexity index is 1180. The summed E-state index contributed by atoms with van der Waals surface area (Å²) in [6.45, 7) is 6.75. The Hall–Kier alpha value is -2.80. The summed E-state index contributed by atoms with van der Waals surface area (Å²) in [4.78, 5) is 29.6. The number of ether oxygens (including phenoxy) is 1. The number of amides is 1. The van der Waals surface area contributed by atoms with Gasteiger partial charge in [-0.15, -0.1) is 0 Å². The fourth-order valence-corrected chi connectivity index (χ4v) is 4.32. The Kier molecular flexibility index (Phi) is 5.56. The predicted molar refractivity (Wildman–Crippen MR) is 121 cm³/mol. The number of piperazine rings is 1. The Morgan fingerprint density at radius 1 is 1.10 bits per heavy atom. The molecule has 0 spiro atoms. The number of carbonyl (C=O) groups is 1. The summed E-state index contributed by atoms with van der Waals surface area (Å²) in [7, 11) is 1.51. The molecule has 1 aliphatic heterocycles. The largest absolute Gasteiger partial charge is 0.493 e. The number of hydrogen-bond acceptors (Lipinski definition) is 5. The minimum Gasteiger partial charge on any atom is -0.493 e. The SMILES string of the molecule is COc1cc(Br)cc2cc(C(=O)N3CCN(c4cccc(C)c4C)CC3)c(=O)oc12. The molecule has 156 valence electrons. The van der Waals surface area contributed by atoms with Gasteiger partial charge in [0.15, 0.2) is 11.3 Å². The van der Waals surface area contributed by atoms with Gasteiger partial charge < -0.3 is 19.0 Å². The fourth-order valence-electron chi connectivity index (χ4n) is 3.87. The lowest BCUT2D eigenvalue weighted by molar-refractivity contribution is 0.0742. The number of benzene rings is 2. The van der Waals surface area contributed by atoms with E-state index in [1.165, 1.54) is 23.9 Å². The zero-order chi connectivity index (χ0) is 21.4. The Balaban J connectivity index is 1.57. The molecular formula is C23H23BrN2O4. The van der Waals surface area contributed by atoms with Crippen LogP contribution in [0, 0.1) is 13.8 Å². The molecular weight excluding hydrogens is 448 g/mol. The maximum Gasteiger partial charge on any atom is 0.349 e. The van der Waals surface area contributed by atoms with Crippen LogP contribution in [0.25, 0.3) is 11.0 Å². The first-order valence-electron chi connectivity index (χ1n) is 9.81. The molecule has 1 saturated heterocycles. The van der Waals surface area contributed by atoms with Crippen LogP contribution in [0.1, 0.15) is 21.5 Å². The molecule has 0 aliphatic carbocycles. The van der Waals surface area contributed by atoms with E-state index in [0.29, 0.717) is 42.9 Å². The molecule has 6 nitrogen and oxygen atoms in total. The van der Waals surface area contributed by atoms with E-state index < -0.39 is 5.63 Å². The smallest absolute Gasteiger partial charge is 0.349 e. The van der Waals surface area contributed by atoms with Crippen molar-refractivity contribution in [2.45, 2.75) is 13.8 Å². The molecule has 0 N–H and O–H groups in total. The minimum absolute atomic E-state index is 0.0443. The molecule has 7 heteroatoms. The average molecular weight is 471 g/mol. The molecule has 0 bridgehead atoms. The molecule has 3 aromatic rings. The highest BCUT2D eigenvalue weighted by Gasteiger charge is 2.26. The van der Waals surface area contributed by atoms with Crippen LogP contribution in [0.2, 0.25) is 0 Å². The summed E-state index contributed by atoms with van der Waals surface area (Å²) in [5.74, 6) is 0.141. The standard InChI is InChI=1S/C23H23BrN2O4/c1-14-5-4-6-19(15(14)2)25-7-9-26(10-8-25)22(27)18-12-16-11-17(24)13-20(29-3)21(16)30-23(18)28/h4-6,11-13H,7-10H2,1-3H3. The van der Waals surface area contributed by atoms with Gasteiger partial charge in [-0.2, -0.15) is 0 Å². The first-order valence-corrected chi connectivity index (χ1v) is 10.6. The Morgan fingerprint density at radius 3 is 2.53 bits per heavy atom. The van der Waals surface area contributed by atoms with Crippen molar-refractivity contribution >= 4 is 38.5 Å². The summed E-state index contributed by atoms with van der Waals surface area (Å²) >= 11 is 3.42. The number of halogens is 1. The third-order valence-electron chi connectivity index (χ3n) is 5.70. The molecule has 1 aliphatic rings.